The van der Waals surface area contributed by atoms with Crippen molar-refractivity contribution in [2.24, 2.45) is 0 Å². The lowest BCUT2D eigenvalue weighted by Crippen LogP contribution is -2.41. The number of nitrogens with zero attached hydrogens (tertiary/aromatic N) is 1. The Balaban J connectivity index is 2.40. The van der Waals surface area contributed by atoms with E-state index in [1.807, 2.05) is 13.8 Å². The highest BCUT2D eigenvalue weighted by Crippen LogP contribution is 2.17. The monoisotopic (exact) mass is 271 g/mol. The molecule has 0 N–H and O–H groups in total. The summed E-state index contributed by atoms with van der Waals surface area (Å²) in [6, 6.07) is -0.00104. The molecule has 1 saturated heterocycles. The molecule has 0 aromatic heterocycles. The quantitative estimate of drug-likeness (QED) is 0.691. The Hall–Kier alpha value is -1.10. The first-order valence-electron chi connectivity index (χ1n) is 7.02. The van der Waals surface area contributed by atoms with Crippen LogP contribution in [0.4, 0.5) is 0 Å². The zero-order valence-corrected chi connectivity index (χ0v) is 12.2. The molecule has 0 aliphatic carbocycles. The minimum absolute atomic E-state index is 0.00104. The van der Waals surface area contributed by atoms with Crippen LogP contribution >= 0.6 is 0 Å². The average molecular weight is 271 g/mol. The molecule has 0 bridgehead atoms. The van der Waals surface area contributed by atoms with Crippen molar-refractivity contribution in [2.75, 3.05) is 20.3 Å². The minimum Gasteiger partial charge on any atom is -0.468 e. The Labute approximate surface area is 115 Å². The molecule has 1 unspecified atom stereocenters. The van der Waals surface area contributed by atoms with Crippen LogP contribution in [-0.2, 0) is 19.1 Å². The molecule has 0 aromatic rings. The molecule has 1 aliphatic rings. The zero-order valence-electron chi connectivity index (χ0n) is 12.2. The van der Waals surface area contributed by atoms with E-state index in [2.05, 4.69) is 4.74 Å². The van der Waals surface area contributed by atoms with Crippen LogP contribution in [0.15, 0.2) is 0 Å². The second-order valence-corrected chi connectivity index (χ2v) is 5.22. The van der Waals surface area contributed by atoms with E-state index in [-0.39, 0.29) is 30.6 Å². The van der Waals surface area contributed by atoms with Gasteiger partial charge in [-0.05, 0) is 39.5 Å². The fourth-order valence-corrected chi connectivity index (χ4v) is 2.23. The van der Waals surface area contributed by atoms with E-state index < -0.39 is 0 Å². The second-order valence-electron chi connectivity index (χ2n) is 5.22. The van der Waals surface area contributed by atoms with Gasteiger partial charge in [-0.3, -0.25) is 9.59 Å². The second kappa shape index (κ2) is 8.15. The highest BCUT2D eigenvalue weighted by Gasteiger charge is 2.22. The Morgan fingerprint density at radius 2 is 2.11 bits per heavy atom. The summed E-state index contributed by atoms with van der Waals surface area (Å²) in [7, 11) is 1.33. The lowest BCUT2D eigenvalue weighted by Gasteiger charge is -2.27. The van der Waals surface area contributed by atoms with Crippen molar-refractivity contribution < 1.29 is 19.1 Å². The molecule has 1 atom stereocenters. The van der Waals surface area contributed by atoms with Crippen LogP contribution in [0.1, 0.15) is 46.0 Å². The summed E-state index contributed by atoms with van der Waals surface area (Å²) >= 11 is 0. The third-order valence-corrected chi connectivity index (χ3v) is 3.42. The maximum Gasteiger partial charge on any atom is 0.325 e. The molecule has 0 radical (unpaired) electrons. The average Bonchev–Trinajstić information content (AvgIpc) is 2.42. The number of carbonyl (C=O) groups is 2. The number of carbonyl (C=O) groups excluding carboxylic acids is 2. The topological polar surface area (TPSA) is 55.8 Å². The number of amides is 1. The molecule has 0 aromatic carbocycles. The third kappa shape index (κ3) is 5.59. The van der Waals surface area contributed by atoms with E-state index in [1.54, 1.807) is 4.90 Å². The molecule has 1 amide bonds. The third-order valence-electron chi connectivity index (χ3n) is 3.42. The number of rotatable bonds is 6. The van der Waals surface area contributed by atoms with Gasteiger partial charge >= 0.3 is 5.97 Å². The van der Waals surface area contributed by atoms with E-state index in [4.69, 9.17) is 4.74 Å². The fourth-order valence-electron chi connectivity index (χ4n) is 2.23. The highest BCUT2D eigenvalue weighted by atomic mass is 16.5. The van der Waals surface area contributed by atoms with Crippen molar-refractivity contribution in [3.8, 4) is 0 Å². The number of methoxy groups -OCH3 is 1. The van der Waals surface area contributed by atoms with Gasteiger partial charge in [0, 0.05) is 19.1 Å². The predicted octanol–water partition coefficient (Wildman–Crippen LogP) is 1.75. The maximum absolute atomic E-state index is 12.1. The van der Waals surface area contributed by atoms with Gasteiger partial charge in [-0.2, -0.15) is 0 Å². The molecule has 110 valence electrons. The van der Waals surface area contributed by atoms with E-state index in [9.17, 15) is 9.59 Å². The van der Waals surface area contributed by atoms with Crippen molar-refractivity contribution in [1.29, 1.82) is 0 Å². The van der Waals surface area contributed by atoms with E-state index in [0.29, 0.717) is 6.42 Å². The Bertz CT molecular complexity index is 298. The molecule has 5 heteroatoms. The van der Waals surface area contributed by atoms with Gasteiger partial charge in [0.15, 0.2) is 0 Å². The highest BCUT2D eigenvalue weighted by molar-refractivity contribution is 5.82. The molecule has 1 fully saturated rings. The van der Waals surface area contributed by atoms with Crippen LogP contribution < -0.4 is 0 Å². The van der Waals surface area contributed by atoms with Gasteiger partial charge in [-0.25, -0.2) is 0 Å². The fraction of sp³-hybridized carbons (Fsp3) is 0.857. The summed E-state index contributed by atoms with van der Waals surface area (Å²) in [6.07, 6.45) is 4.69. The first-order valence-corrected chi connectivity index (χ1v) is 7.02. The normalized spacial score (nSPS) is 19.3. The number of esters is 1. The lowest BCUT2D eigenvalue weighted by atomic mass is 10.0. The largest absolute Gasteiger partial charge is 0.468 e. The predicted molar refractivity (Wildman–Crippen MR) is 71.7 cm³/mol. The summed E-state index contributed by atoms with van der Waals surface area (Å²) in [5, 5.41) is 0. The van der Waals surface area contributed by atoms with Crippen LogP contribution in [-0.4, -0.2) is 49.2 Å². The summed E-state index contributed by atoms with van der Waals surface area (Å²) in [5.41, 5.74) is 0. The van der Waals surface area contributed by atoms with Gasteiger partial charge in [-0.15, -0.1) is 0 Å². The first kappa shape index (κ1) is 16.0. The molecule has 0 spiro atoms. The van der Waals surface area contributed by atoms with Crippen molar-refractivity contribution >= 4 is 11.9 Å². The summed E-state index contributed by atoms with van der Waals surface area (Å²) in [4.78, 5) is 25.0. The van der Waals surface area contributed by atoms with E-state index >= 15 is 0 Å². The van der Waals surface area contributed by atoms with Crippen LogP contribution in [0.3, 0.4) is 0 Å². The molecule has 0 saturated carbocycles. The smallest absolute Gasteiger partial charge is 0.325 e. The summed E-state index contributed by atoms with van der Waals surface area (Å²) < 4.78 is 10.2. The maximum atomic E-state index is 12.1. The molecular formula is C14H25NO4. The molecule has 1 rings (SSSR count). The van der Waals surface area contributed by atoms with Gasteiger partial charge in [-0.1, -0.05) is 0 Å². The standard InChI is InChI=1S/C14H25NO4/c1-11(2)15(10-14(17)18-3)13(16)8-7-12-6-4-5-9-19-12/h11-12H,4-10H2,1-3H3. The zero-order chi connectivity index (χ0) is 14.3. The van der Waals surface area contributed by atoms with Crippen LogP contribution in [0, 0.1) is 0 Å². The van der Waals surface area contributed by atoms with Gasteiger partial charge < -0.3 is 14.4 Å². The first-order chi connectivity index (χ1) is 9.04. The minimum atomic E-state index is -0.379. The molecule has 19 heavy (non-hydrogen) atoms. The van der Waals surface area contributed by atoms with Crippen molar-refractivity contribution in [3.05, 3.63) is 0 Å². The lowest BCUT2D eigenvalue weighted by molar-refractivity contribution is -0.148. The Morgan fingerprint density at radius 1 is 1.37 bits per heavy atom. The van der Waals surface area contributed by atoms with E-state index in [0.717, 1.165) is 25.9 Å². The molecular weight excluding hydrogens is 246 g/mol. The van der Waals surface area contributed by atoms with Crippen molar-refractivity contribution in [3.63, 3.8) is 0 Å². The Morgan fingerprint density at radius 3 is 2.63 bits per heavy atom. The van der Waals surface area contributed by atoms with Gasteiger partial charge in [0.25, 0.3) is 0 Å². The number of hydrogen-bond donors (Lipinski definition) is 0. The molecule has 5 nitrogen and oxygen atoms in total. The van der Waals surface area contributed by atoms with Crippen molar-refractivity contribution in [1.82, 2.24) is 4.90 Å². The number of ether oxygens (including phenoxy) is 2. The number of hydrogen-bond acceptors (Lipinski definition) is 4. The van der Waals surface area contributed by atoms with Crippen LogP contribution in [0.25, 0.3) is 0 Å². The van der Waals surface area contributed by atoms with Crippen LogP contribution in [0.2, 0.25) is 0 Å². The summed E-state index contributed by atoms with van der Waals surface area (Å²) in [5.74, 6) is -0.384. The Kier molecular flexibility index (Phi) is 6.84. The van der Waals surface area contributed by atoms with Gasteiger partial charge in [0.1, 0.15) is 6.54 Å². The van der Waals surface area contributed by atoms with E-state index in [1.165, 1.54) is 13.5 Å². The molecule has 1 aliphatic heterocycles. The van der Waals surface area contributed by atoms with Crippen LogP contribution in [0.5, 0.6) is 0 Å². The van der Waals surface area contributed by atoms with Crippen molar-refractivity contribution in [2.45, 2.75) is 58.1 Å². The molecule has 1 heterocycles. The summed E-state index contributed by atoms with van der Waals surface area (Å²) in [6.45, 7) is 4.63. The van der Waals surface area contributed by atoms with Gasteiger partial charge in [0.2, 0.25) is 5.91 Å². The SMILES string of the molecule is COC(=O)CN(C(=O)CCC1CCCCO1)C(C)C. The van der Waals surface area contributed by atoms with Gasteiger partial charge in [0.05, 0.1) is 13.2 Å².